The molecule has 0 unspecified atom stereocenters. The second-order valence-electron chi connectivity index (χ2n) is 5.90. The second kappa shape index (κ2) is 7.53. The Kier molecular flexibility index (Phi) is 5.20. The molecule has 2 aromatic rings. The molecular formula is C19H23N3OS. The molecule has 3 rings (SSSR count). The lowest BCUT2D eigenvalue weighted by atomic mass is 10.1. The average molecular weight is 341 g/mol. The molecule has 0 aromatic heterocycles. The van der Waals surface area contributed by atoms with Gasteiger partial charge in [-0.1, -0.05) is 37.3 Å². The van der Waals surface area contributed by atoms with Gasteiger partial charge in [0.05, 0.1) is 5.69 Å². The van der Waals surface area contributed by atoms with Crippen molar-refractivity contribution in [1.29, 1.82) is 0 Å². The largest absolute Gasteiger partial charge is 0.506 e. The highest BCUT2D eigenvalue weighted by Crippen LogP contribution is 2.27. The fourth-order valence-electron chi connectivity index (χ4n) is 3.03. The third-order valence-corrected chi connectivity index (χ3v) is 4.79. The molecular weight excluding hydrogens is 318 g/mol. The van der Waals surface area contributed by atoms with E-state index in [0.717, 1.165) is 49.1 Å². The Balaban J connectivity index is 1.60. The minimum atomic E-state index is 0.337. The number of nitrogens with one attached hydrogen (secondary N) is 1. The number of para-hydroxylation sites is 3. The predicted octanol–water partition coefficient (Wildman–Crippen LogP) is 3.47. The van der Waals surface area contributed by atoms with Gasteiger partial charge in [-0.05, 0) is 42.4 Å². The summed E-state index contributed by atoms with van der Waals surface area (Å²) >= 11 is 5.59. The number of rotatable bonds is 3. The first-order valence-corrected chi connectivity index (χ1v) is 8.76. The Morgan fingerprint density at radius 3 is 2.42 bits per heavy atom. The van der Waals surface area contributed by atoms with E-state index in [9.17, 15) is 5.11 Å². The van der Waals surface area contributed by atoms with Gasteiger partial charge >= 0.3 is 0 Å². The van der Waals surface area contributed by atoms with Gasteiger partial charge in [-0.3, -0.25) is 0 Å². The Labute approximate surface area is 148 Å². The van der Waals surface area contributed by atoms with Crippen LogP contribution in [-0.4, -0.2) is 41.3 Å². The van der Waals surface area contributed by atoms with E-state index in [1.54, 1.807) is 6.07 Å². The fraction of sp³-hybridized carbons (Fsp3) is 0.316. The number of thiocarbonyl (C=S) groups is 1. The summed E-state index contributed by atoms with van der Waals surface area (Å²) in [6.07, 6.45) is 0.979. The molecule has 4 nitrogen and oxygen atoms in total. The highest BCUT2D eigenvalue weighted by atomic mass is 32.1. The molecule has 0 spiro atoms. The van der Waals surface area contributed by atoms with Gasteiger partial charge in [0.2, 0.25) is 0 Å². The smallest absolute Gasteiger partial charge is 0.173 e. The SMILES string of the molecule is CCc1ccccc1NC(=S)N1CCN(c2ccccc2O)CC1. The van der Waals surface area contributed by atoms with E-state index in [4.69, 9.17) is 12.2 Å². The summed E-state index contributed by atoms with van der Waals surface area (Å²) in [6.45, 7) is 5.52. The molecule has 0 atom stereocenters. The molecule has 1 saturated heterocycles. The number of aryl methyl sites for hydroxylation is 1. The summed E-state index contributed by atoms with van der Waals surface area (Å²) in [5.74, 6) is 0.337. The van der Waals surface area contributed by atoms with Crippen molar-refractivity contribution in [1.82, 2.24) is 4.90 Å². The maximum atomic E-state index is 10.00. The summed E-state index contributed by atoms with van der Waals surface area (Å²) in [5, 5.41) is 14.2. The monoisotopic (exact) mass is 341 g/mol. The Bertz CT molecular complexity index is 711. The van der Waals surface area contributed by atoms with Crippen LogP contribution >= 0.6 is 12.2 Å². The van der Waals surface area contributed by atoms with Crippen LogP contribution in [0.25, 0.3) is 0 Å². The first kappa shape index (κ1) is 16.6. The van der Waals surface area contributed by atoms with Crippen molar-refractivity contribution >= 4 is 28.7 Å². The van der Waals surface area contributed by atoms with Crippen molar-refractivity contribution in [2.45, 2.75) is 13.3 Å². The molecule has 126 valence electrons. The number of phenolic OH excluding ortho intramolecular Hbond substituents is 1. The van der Waals surface area contributed by atoms with E-state index >= 15 is 0 Å². The van der Waals surface area contributed by atoms with E-state index in [0.29, 0.717) is 5.75 Å². The van der Waals surface area contributed by atoms with Gasteiger partial charge in [-0.25, -0.2) is 0 Å². The van der Waals surface area contributed by atoms with Gasteiger partial charge in [0, 0.05) is 31.9 Å². The molecule has 2 aromatic carbocycles. The van der Waals surface area contributed by atoms with Gasteiger partial charge in [0.15, 0.2) is 5.11 Å². The summed E-state index contributed by atoms with van der Waals surface area (Å²) in [7, 11) is 0. The van der Waals surface area contributed by atoms with Gasteiger partial charge < -0.3 is 20.2 Å². The van der Waals surface area contributed by atoms with Crippen LogP contribution in [0.5, 0.6) is 5.75 Å². The molecule has 1 aliphatic rings. The van der Waals surface area contributed by atoms with Crippen molar-refractivity contribution in [3.8, 4) is 5.75 Å². The maximum Gasteiger partial charge on any atom is 0.173 e. The summed E-state index contributed by atoms with van der Waals surface area (Å²) in [5.41, 5.74) is 3.26. The lowest BCUT2D eigenvalue weighted by molar-refractivity contribution is 0.387. The minimum Gasteiger partial charge on any atom is -0.506 e. The van der Waals surface area contributed by atoms with Crippen LogP contribution in [0.4, 0.5) is 11.4 Å². The van der Waals surface area contributed by atoms with E-state index < -0.39 is 0 Å². The third-order valence-electron chi connectivity index (χ3n) is 4.43. The number of benzene rings is 2. The fourth-order valence-corrected chi connectivity index (χ4v) is 3.32. The van der Waals surface area contributed by atoms with E-state index in [1.165, 1.54) is 5.56 Å². The highest BCUT2D eigenvalue weighted by molar-refractivity contribution is 7.80. The molecule has 0 bridgehead atoms. The zero-order valence-electron chi connectivity index (χ0n) is 13.9. The van der Waals surface area contributed by atoms with Gasteiger partial charge in [-0.15, -0.1) is 0 Å². The number of anilines is 2. The summed E-state index contributed by atoms with van der Waals surface area (Å²) in [6, 6.07) is 15.8. The average Bonchev–Trinajstić information content (AvgIpc) is 2.63. The lowest BCUT2D eigenvalue weighted by Crippen LogP contribution is -2.50. The summed E-state index contributed by atoms with van der Waals surface area (Å²) < 4.78 is 0. The number of phenols is 1. The van der Waals surface area contributed by atoms with E-state index in [2.05, 4.69) is 40.2 Å². The van der Waals surface area contributed by atoms with E-state index in [-0.39, 0.29) is 0 Å². The van der Waals surface area contributed by atoms with Crippen LogP contribution in [0.2, 0.25) is 0 Å². The zero-order valence-corrected chi connectivity index (χ0v) is 14.7. The van der Waals surface area contributed by atoms with Crippen LogP contribution in [0.1, 0.15) is 12.5 Å². The second-order valence-corrected chi connectivity index (χ2v) is 6.29. The van der Waals surface area contributed by atoms with Crippen LogP contribution in [0.15, 0.2) is 48.5 Å². The topological polar surface area (TPSA) is 38.7 Å². The van der Waals surface area contributed by atoms with Crippen LogP contribution in [-0.2, 0) is 6.42 Å². The number of aromatic hydroxyl groups is 1. The number of piperazine rings is 1. The molecule has 0 aliphatic carbocycles. The normalized spacial score (nSPS) is 14.5. The first-order valence-electron chi connectivity index (χ1n) is 8.36. The molecule has 1 aliphatic heterocycles. The lowest BCUT2D eigenvalue weighted by Gasteiger charge is -2.37. The molecule has 1 heterocycles. The Hall–Kier alpha value is -2.27. The van der Waals surface area contributed by atoms with Crippen LogP contribution in [0.3, 0.4) is 0 Å². The molecule has 24 heavy (non-hydrogen) atoms. The predicted molar refractivity (Wildman–Crippen MR) is 104 cm³/mol. The maximum absolute atomic E-state index is 10.00. The number of nitrogens with zero attached hydrogens (tertiary/aromatic N) is 2. The van der Waals surface area contributed by atoms with Crippen LogP contribution in [0, 0.1) is 0 Å². The van der Waals surface area contributed by atoms with Gasteiger partial charge in [0.1, 0.15) is 5.75 Å². The van der Waals surface area contributed by atoms with Gasteiger partial charge in [0.25, 0.3) is 0 Å². The third kappa shape index (κ3) is 3.62. The molecule has 2 N–H and O–H groups in total. The number of hydrogen-bond donors (Lipinski definition) is 2. The number of hydrogen-bond acceptors (Lipinski definition) is 3. The Morgan fingerprint density at radius 2 is 1.71 bits per heavy atom. The van der Waals surface area contributed by atoms with Crippen molar-refractivity contribution in [3.05, 3.63) is 54.1 Å². The van der Waals surface area contributed by atoms with Crippen molar-refractivity contribution in [2.75, 3.05) is 36.4 Å². The molecule has 0 amide bonds. The van der Waals surface area contributed by atoms with Crippen molar-refractivity contribution < 1.29 is 5.11 Å². The molecule has 0 saturated carbocycles. The molecule has 0 radical (unpaired) electrons. The minimum absolute atomic E-state index is 0.337. The highest BCUT2D eigenvalue weighted by Gasteiger charge is 2.21. The quantitative estimate of drug-likeness (QED) is 0.837. The Morgan fingerprint density at radius 1 is 1.04 bits per heavy atom. The van der Waals surface area contributed by atoms with Gasteiger partial charge in [-0.2, -0.15) is 0 Å². The van der Waals surface area contributed by atoms with E-state index in [1.807, 2.05) is 24.3 Å². The summed E-state index contributed by atoms with van der Waals surface area (Å²) in [4.78, 5) is 4.40. The first-order chi connectivity index (χ1) is 11.7. The van der Waals surface area contributed by atoms with Crippen molar-refractivity contribution in [3.63, 3.8) is 0 Å². The molecule has 1 fully saturated rings. The zero-order chi connectivity index (χ0) is 16.9. The van der Waals surface area contributed by atoms with Crippen molar-refractivity contribution in [2.24, 2.45) is 0 Å². The standard InChI is InChI=1S/C19H23N3OS/c1-2-15-7-3-4-8-16(15)20-19(24)22-13-11-21(12-14-22)17-9-5-6-10-18(17)23/h3-10,23H,2,11-14H2,1H3,(H,20,24). The van der Waals surface area contributed by atoms with Crippen LogP contribution < -0.4 is 10.2 Å². The molecule has 5 heteroatoms.